The highest BCUT2D eigenvalue weighted by atomic mass is 19.1. The molecule has 2 aromatic rings. The monoisotopic (exact) mass is 289 g/mol. The van der Waals surface area contributed by atoms with E-state index >= 15 is 0 Å². The molecular formula is C17H20FNO2. The van der Waals surface area contributed by atoms with Gasteiger partial charge in [0.05, 0.1) is 19.3 Å². The summed E-state index contributed by atoms with van der Waals surface area (Å²) in [5.41, 5.74) is 1.66. The van der Waals surface area contributed by atoms with Crippen LogP contribution in [0.1, 0.15) is 18.1 Å². The first kappa shape index (κ1) is 15.3. The average molecular weight is 289 g/mol. The van der Waals surface area contributed by atoms with Crippen LogP contribution in [0.5, 0.6) is 5.75 Å². The van der Waals surface area contributed by atoms with E-state index in [2.05, 4.69) is 5.32 Å². The van der Waals surface area contributed by atoms with Crippen LogP contribution in [-0.2, 0) is 5.54 Å². The van der Waals surface area contributed by atoms with Gasteiger partial charge in [-0.3, -0.25) is 0 Å². The van der Waals surface area contributed by atoms with Crippen molar-refractivity contribution < 1.29 is 14.2 Å². The van der Waals surface area contributed by atoms with Gasteiger partial charge in [-0.25, -0.2) is 4.39 Å². The van der Waals surface area contributed by atoms with E-state index in [4.69, 9.17) is 4.74 Å². The van der Waals surface area contributed by atoms with Crippen LogP contribution in [0.2, 0.25) is 0 Å². The van der Waals surface area contributed by atoms with Gasteiger partial charge in [0.15, 0.2) is 0 Å². The predicted molar refractivity (Wildman–Crippen MR) is 82.2 cm³/mol. The molecule has 0 aliphatic heterocycles. The van der Waals surface area contributed by atoms with E-state index in [1.165, 1.54) is 12.1 Å². The molecule has 0 fully saturated rings. The Balaban J connectivity index is 2.31. The zero-order valence-corrected chi connectivity index (χ0v) is 12.5. The molecule has 1 atom stereocenters. The molecule has 0 saturated heterocycles. The van der Waals surface area contributed by atoms with Crippen molar-refractivity contribution in [3.8, 4) is 5.75 Å². The fraction of sp³-hybridized carbons (Fsp3) is 0.294. The Morgan fingerprint density at radius 1 is 1.19 bits per heavy atom. The van der Waals surface area contributed by atoms with E-state index in [1.807, 2.05) is 44.2 Å². The van der Waals surface area contributed by atoms with Gasteiger partial charge in [-0.05, 0) is 55.3 Å². The molecule has 0 aromatic heterocycles. The van der Waals surface area contributed by atoms with Crippen LogP contribution >= 0.6 is 0 Å². The molecule has 2 aromatic carbocycles. The number of aryl methyl sites for hydroxylation is 1. The first-order chi connectivity index (χ1) is 9.96. The van der Waals surface area contributed by atoms with E-state index in [-0.39, 0.29) is 12.4 Å². The van der Waals surface area contributed by atoms with Crippen LogP contribution in [0.3, 0.4) is 0 Å². The number of benzene rings is 2. The van der Waals surface area contributed by atoms with Gasteiger partial charge in [-0.1, -0.05) is 12.1 Å². The van der Waals surface area contributed by atoms with Crippen LogP contribution in [-0.4, -0.2) is 18.8 Å². The highest BCUT2D eigenvalue weighted by molar-refractivity contribution is 5.50. The van der Waals surface area contributed by atoms with E-state index < -0.39 is 5.54 Å². The lowest BCUT2D eigenvalue weighted by Gasteiger charge is -2.31. The summed E-state index contributed by atoms with van der Waals surface area (Å²) < 4.78 is 18.6. The van der Waals surface area contributed by atoms with Gasteiger partial charge < -0.3 is 15.2 Å². The van der Waals surface area contributed by atoms with Crippen LogP contribution in [0.15, 0.2) is 42.5 Å². The zero-order chi connectivity index (χ0) is 15.5. The van der Waals surface area contributed by atoms with E-state index in [9.17, 15) is 9.50 Å². The summed E-state index contributed by atoms with van der Waals surface area (Å²) >= 11 is 0. The topological polar surface area (TPSA) is 41.5 Å². The summed E-state index contributed by atoms with van der Waals surface area (Å²) in [5, 5.41) is 13.0. The van der Waals surface area contributed by atoms with Gasteiger partial charge in [0.25, 0.3) is 0 Å². The van der Waals surface area contributed by atoms with E-state index in [0.717, 1.165) is 16.9 Å². The Kier molecular flexibility index (Phi) is 4.48. The molecule has 0 aliphatic rings. The number of hydrogen-bond donors (Lipinski definition) is 2. The molecule has 3 nitrogen and oxygen atoms in total. The second kappa shape index (κ2) is 6.14. The number of aliphatic hydroxyl groups is 1. The Morgan fingerprint density at radius 2 is 1.86 bits per heavy atom. The highest BCUT2D eigenvalue weighted by Gasteiger charge is 2.25. The summed E-state index contributed by atoms with van der Waals surface area (Å²) in [6.45, 7) is 3.59. The van der Waals surface area contributed by atoms with E-state index in [0.29, 0.717) is 5.69 Å². The largest absolute Gasteiger partial charge is 0.497 e. The summed E-state index contributed by atoms with van der Waals surface area (Å²) in [5.74, 6) is 0.452. The smallest absolute Gasteiger partial charge is 0.125 e. The zero-order valence-electron chi connectivity index (χ0n) is 12.5. The van der Waals surface area contributed by atoms with Crippen molar-refractivity contribution in [2.24, 2.45) is 0 Å². The molecule has 0 heterocycles. The summed E-state index contributed by atoms with van der Waals surface area (Å²) in [6, 6.07) is 12.2. The first-order valence-electron chi connectivity index (χ1n) is 6.77. The van der Waals surface area contributed by atoms with Crippen LogP contribution in [0.25, 0.3) is 0 Å². The molecule has 2 rings (SSSR count). The Labute approximate surface area is 124 Å². The number of rotatable bonds is 5. The molecule has 0 spiro atoms. The number of anilines is 1. The lowest BCUT2D eigenvalue weighted by Crippen LogP contribution is -2.35. The number of aliphatic hydroxyl groups excluding tert-OH is 1. The minimum Gasteiger partial charge on any atom is -0.497 e. The van der Waals surface area contributed by atoms with Gasteiger partial charge in [-0.2, -0.15) is 0 Å². The lowest BCUT2D eigenvalue weighted by atomic mass is 9.92. The third-order valence-corrected chi connectivity index (χ3v) is 3.51. The number of halogens is 1. The normalized spacial score (nSPS) is 13.6. The number of methoxy groups -OCH3 is 1. The third kappa shape index (κ3) is 3.52. The maximum absolute atomic E-state index is 13.5. The van der Waals surface area contributed by atoms with Gasteiger partial charge in [0.1, 0.15) is 11.6 Å². The Morgan fingerprint density at radius 3 is 2.38 bits per heavy atom. The SMILES string of the molecule is COc1ccc(C(C)(CO)Nc2cc(C)cc(F)c2)cc1. The van der Waals surface area contributed by atoms with Crippen molar-refractivity contribution in [1.29, 1.82) is 0 Å². The second-order valence-corrected chi connectivity index (χ2v) is 5.36. The minimum atomic E-state index is -0.702. The number of hydrogen-bond acceptors (Lipinski definition) is 3. The molecule has 0 aliphatic carbocycles. The maximum atomic E-state index is 13.5. The molecule has 21 heavy (non-hydrogen) atoms. The van der Waals surface area contributed by atoms with Crippen molar-refractivity contribution >= 4 is 5.69 Å². The predicted octanol–water partition coefficient (Wildman–Crippen LogP) is 3.46. The van der Waals surface area contributed by atoms with E-state index in [1.54, 1.807) is 7.11 Å². The second-order valence-electron chi connectivity index (χ2n) is 5.36. The molecule has 2 N–H and O–H groups in total. The molecule has 0 radical (unpaired) electrons. The van der Waals surface area contributed by atoms with Crippen LogP contribution in [0.4, 0.5) is 10.1 Å². The fourth-order valence-electron chi connectivity index (χ4n) is 2.29. The maximum Gasteiger partial charge on any atom is 0.125 e. The Hall–Kier alpha value is -2.07. The molecular weight excluding hydrogens is 269 g/mol. The van der Waals surface area contributed by atoms with Gasteiger partial charge in [-0.15, -0.1) is 0 Å². The lowest BCUT2D eigenvalue weighted by molar-refractivity contribution is 0.224. The molecule has 4 heteroatoms. The highest BCUT2D eigenvalue weighted by Crippen LogP contribution is 2.28. The molecule has 1 unspecified atom stereocenters. The summed E-state index contributed by atoms with van der Waals surface area (Å²) in [7, 11) is 1.61. The first-order valence-corrected chi connectivity index (χ1v) is 6.77. The van der Waals surface area contributed by atoms with Crippen molar-refractivity contribution in [1.82, 2.24) is 0 Å². The number of ether oxygens (including phenoxy) is 1. The molecule has 0 bridgehead atoms. The molecule has 0 saturated carbocycles. The standard InChI is InChI=1S/C17H20FNO2/c1-12-8-14(18)10-15(9-12)19-17(2,11-20)13-4-6-16(21-3)7-5-13/h4-10,19-20H,11H2,1-3H3. The van der Waals surface area contributed by atoms with Crippen molar-refractivity contribution in [3.05, 3.63) is 59.4 Å². The Bertz CT molecular complexity index is 592. The van der Waals surface area contributed by atoms with Crippen LogP contribution in [0, 0.1) is 12.7 Å². The van der Waals surface area contributed by atoms with Crippen LogP contribution < -0.4 is 10.1 Å². The third-order valence-electron chi connectivity index (χ3n) is 3.51. The number of nitrogens with one attached hydrogen (secondary N) is 1. The van der Waals surface area contributed by atoms with Gasteiger partial charge in [0, 0.05) is 5.69 Å². The molecule has 112 valence electrons. The van der Waals surface area contributed by atoms with Crippen molar-refractivity contribution in [2.75, 3.05) is 19.0 Å². The van der Waals surface area contributed by atoms with Crippen molar-refractivity contribution in [3.63, 3.8) is 0 Å². The minimum absolute atomic E-state index is 0.116. The van der Waals surface area contributed by atoms with Gasteiger partial charge in [0.2, 0.25) is 0 Å². The quantitative estimate of drug-likeness (QED) is 0.885. The van der Waals surface area contributed by atoms with Crippen molar-refractivity contribution in [2.45, 2.75) is 19.4 Å². The fourth-order valence-corrected chi connectivity index (χ4v) is 2.29. The summed E-state index contributed by atoms with van der Waals surface area (Å²) in [4.78, 5) is 0. The average Bonchev–Trinajstić information content (AvgIpc) is 2.46. The molecule has 0 amide bonds. The summed E-state index contributed by atoms with van der Waals surface area (Å²) in [6.07, 6.45) is 0. The van der Waals surface area contributed by atoms with Gasteiger partial charge >= 0.3 is 0 Å².